The molecule has 1 fully saturated rings. The second kappa shape index (κ2) is 4.02. The van der Waals surface area contributed by atoms with Crippen molar-refractivity contribution < 1.29 is 5.11 Å². The van der Waals surface area contributed by atoms with Crippen LogP contribution in [0.5, 0.6) is 0 Å². The topological polar surface area (TPSA) is 77.9 Å². The van der Waals surface area contributed by atoms with E-state index >= 15 is 0 Å². The summed E-state index contributed by atoms with van der Waals surface area (Å²) in [6.07, 6.45) is 0.675. The molecule has 2 N–H and O–H groups in total. The molecule has 0 aliphatic carbocycles. The SMILES string of the molecule is CC1CC(O)CN(Cc2nn[nH]n2)C1. The molecule has 0 spiro atoms. The molecule has 0 saturated carbocycles. The van der Waals surface area contributed by atoms with Gasteiger partial charge in [0.25, 0.3) is 0 Å². The van der Waals surface area contributed by atoms with E-state index < -0.39 is 0 Å². The highest BCUT2D eigenvalue weighted by molar-refractivity contribution is 4.82. The lowest BCUT2D eigenvalue weighted by atomic mass is 9.98. The number of H-pyrrole nitrogens is 1. The second-order valence-corrected chi connectivity index (χ2v) is 4.02. The summed E-state index contributed by atoms with van der Waals surface area (Å²) in [6, 6.07) is 0. The Labute approximate surface area is 82.3 Å². The van der Waals surface area contributed by atoms with Crippen LogP contribution < -0.4 is 0 Å². The lowest BCUT2D eigenvalue weighted by Crippen LogP contribution is -2.41. The molecule has 14 heavy (non-hydrogen) atoms. The predicted octanol–water partition coefficient (Wildman–Crippen LogP) is -0.598. The van der Waals surface area contributed by atoms with Gasteiger partial charge in [-0.05, 0) is 12.3 Å². The van der Waals surface area contributed by atoms with Crippen LogP contribution in [0.25, 0.3) is 0 Å². The first-order valence-corrected chi connectivity index (χ1v) is 4.87. The van der Waals surface area contributed by atoms with Crippen LogP contribution in [0.4, 0.5) is 0 Å². The van der Waals surface area contributed by atoms with Crippen LogP contribution >= 0.6 is 0 Å². The van der Waals surface area contributed by atoms with Crippen molar-refractivity contribution in [2.75, 3.05) is 13.1 Å². The summed E-state index contributed by atoms with van der Waals surface area (Å²) in [7, 11) is 0. The summed E-state index contributed by atoms with van der Waals surface area (Å²) in [6.45, 7) is 4.51. The molecule has 2 heterocycles. The van der Waals surface area contributed by atoms with Crippen LogP contribution in [0.3, 0.4) is 0 Å². The third-order valence-electron chi connectivity index (χ3n) is 2.47. The molecule has 0 bridgehead atoms. The van der Waals surface area contributed by atoms with Crippen LogP contribution in [-0.2, 0) is 6.54 Å². The van der Waals surface area contributed by atoms with Gasteiger partial charge in [0.2, 0.25) is 0 Å². The Balaban J connectivity index is 1.91. The molecule has 1 aromatic rings. The fourth-order valence-electron chi connectivity index (χ4n) is 2.01. The molecule has 2 rings (SSSR count). The van der Waals surface area contributed by atoms with Crippen LogP contribution in [0.1, 0.15) is 19.2 Å². The first kappa shape index (κ1) is 9.54. The van der Waals surface area contributed by atoms with Crippen LogP contribution in [0.2, 0.25) is 0 Å². The zero-order chi connectivity index (χ0) is 9.97. The quantitative estimate of drug-likeness (QED) is 0.662. The largest absolute Gasteiger partial charge is 0.392 e. The summed E-state index contributed by atoms with van der Waals surface area (Å²) in [5.41, 5.74) is 0. The molecule has 0 amide bonds. The van der Waals surface area contributed by atoms with Gasteiger partial charge in [-0.15, -0.1) is 10.2 Å². The van der Waals surface area contributed by atoms with E-state index in [1.807, 2.05) is 0 Å². The number of β-amino-alcohol motifs (C(OH)–C–C–N with tert-alkyl or cyclic N) is 1. The van der Waals surface area contributed by atoms with Gasteiger partial charge in [0.05, 0.1) is 12.6 Å². The van der Waals surface area contributed by atoms with E-state index in [1.165, 1.54) is 0 Å². The van der Waals surface area contributed by atoms with Gasteiger partial charge in [-0.2, -0.15) is 5.21 Å². The van der Waals surface area contributed by atoms with Gasteiger partial charge in [0.1, 0.15) is 0 Å². The van der Waals surface area contributed by atoms with E-state index in [9.17, 15) is 5.11 Å². The Bertz CT molecular complexity index is 265. The van der Waals surface area contributed by atoms with Gasteiger partial charge >= 0.3 is 0 Å². The number of hydrogen-bond donors (Lipinski definition) is 2. The van der Waals surface area contributed by atoms with Crippen LogP contribution in [0, 0.1) is 5.92 Å². The first-order chi connectivity index (χ1) is 6.74. The molecule has 1 aromatic heterocycles. The molecule has 1 aliphatic rings. The van der Waals surface area contributed by atoms with Crippen molar-refractivity contribution in [1.29, 1.82) is 0 Å². The molecule has 1 aliphatic heterocycles. The highest BCUT2D eigenvalue weighted by Gasteiger charge is 2.23. The van der Waals surface area contributed by atoms with E-state index in [0.29, 0.717) is 24.8 Å². The van der Waals surface area contributed by atoms with Gasteiger partial charge in [-0.25, -0.2) is 0 Å². The van der Waals surface area contributed by atoms with E-state index in [2.05, 4.69) is 32.4 Å². The number of aliphatic hydroxyl groups excluding tert-OH is 1. The minimum atomic E-state index is -0.217. The maximum absolute atomic E-state index is 9.57. The van der Waals surface area contributed by atoms with Crippen molar-refractivity contribution in [3.8, 4) is 0 Å². The molecule has 6 nitrogen and oxygen atoms in total. The Morgan fingerprint density at radius 3 is 3.07 bits per heavy atom. The fraction of sp³-hybridized carbons (Fsp3) is 0.875. The standard InChI is InChI=1S/C8H15N5O/c1-6-2-7(14)4-13(3-6)5-8-9-11-12-10-8/h6-7,14H,2-5H2,1H3,(H,9,10,11,12). The number of tetrazole rings is 1. The van der Waals surface area contributed by atoms with Crippen molar-refractivity contribution in [1.82, 2.24) is 25.5 Å². The molecule has 2 atom stereocenters. The maximum atomic E-state index is 9.57. The van der Waals surface area contributed by atoms with E-state index in [-0.39, 0.29) is 6.10 Å². The lowest BCUT2D eigenvalue weighted by Gasteiger charge is -2.33. The summed E-state index contributed by atoms with van der Waals surface area (Å²) in [5, 5.41) is 23.3. The second-order valence-electron chi connectivity index (χ2n) is 4.02. The fourth-order valence-corrected chi connectivity index (χ4v) is 2.01. The van der Waals surface area contributed by atoms with Crippen molar-refractivity contribution in [2.24, 2.45) is 5.92 Å². The number of aliphatic hydroxyl groups is 1. The predicted molar refractivity (Wildman–Crippen MR) is 49.2 cm³/mol. The van der Waals surface area contributed by atoms with Crippen LogP contribution in [0.15, 0.2) is 0 Å². The Hall–Kier alpha value is -1.01. The number of nitrogens with zero attached hydrogens (tertiary/aromatic N) is 4. The normalized spacial score (nSPS) is 29.3. The molecule has 0 radical (unpaired) electrons. The van der Waals surface area contributed by atoms with E-state index in [4.69, 9.17) is 0 Å². The third kappa shape index (κ3) is 2.27. The van der Waals surface area contributed by atoms with Crippen molar-refractivity contribution in [3.05, 3.63) is 5.82 Å². The van der Waals surface area contributed by atoms with E-state index in [1.54, 1.807) is 0 Å². The minimum absolute atomic E-state index is 0.217. The number of aromatic nitrogens is 4. The number of aromatic amines is 1. The van der Waals surface area contributed by atoms with Gasteiger partial charge < -0.3 is 5.11 Å². The summed E-state index contributed by atoms with van der Waals surface area (Å²) < 4.78 is 0. The summed E-state index contributed by atoms with van der Waals surface area (Å²) >= 11 is 0. The Kier molecular flexibility index (Phi) is 2.74. The maximum Gasteiger partial charge on any atom is 0.188 e. The van der Waals surface area contributed by atoms with Gasteiger partial charge in [-0.3, -0.25) is 4.90 Å². The third-order valence-corrected chi connectivity index (χ3v) is 2.47. The van der Waals surface area contributed by atoms with Gasteiger partial charge in [-0.1, -0.05) is 12.1 Å². The monoisotopic (exact) mass is 197 g/mol. The van der Waals surface area contributed by atoms with Crippen LogP contribution in [-0.4, -0.2) is 49.8 Å². The first-order valence-electron chi connectivity index (χ1n) is 4.87. The molecule has 78 valence electrons. The van der Waals surface area contributed by atoms with Crippen molar-refractivity contribution >= 4 is 0 Å². The summed E-state index contributed by atoms with van der Waals surface area (Å²) in [4.78, 5) is 2.16. The smallest absolute Gasteiger partial charge is 0.188 e. The molecular formula is C8H15N5O. The molecular weight excluding hydrogens is 182 g/mol. The highest BCUT2D eigenvalue weighted by Crippen LogP contribution is 2.16. The zero-order valence-electron chi connectivity index (χ0n) is 8.22. The van der Waals surface area contributed by atoms with Crippen molar-refractivity contribution in [2.45, 2.75) is 26.0 Å². The Morgan fingerprint density at radius 2 is 2.43 bits per heavy atom. The lowest BCUT2D eigenvalue weighted by molar-refractivity contribution is 0.0396. The molecule has 2 unspecified atom stereocenters. The number of likely N-dealkylation sites (tertiary alicyclic amines) is 1. The number of piperidine rings is 1. The summed E-state index contributed by atoms with van der Waals surface area (Å²) in [5.74, 6) is 1.22. The van der Waals surface area contributed by atoms with E-state index in [0.717, 1.165) is 13.0 Å². The molecule has 1 saturated heterocycles. The minimum Gasteiger partial charge on any atom is -0.392 e. The molecule has 6 heteroatoms. The Morgan fingerprint density at radius 1 is 1.57 bits per heavy atom. The van der Waals surface area contributed by atoms with Crippen molar-refractivity contribution in [3.63, 3.8) is 0 Å². The van der Waals surface area contributed by atoms with Gasteiger partial charge in [0.15, 0.2) is 5.82 Å². The number of hydrogen-bond acceptors (Lipinski definition) is 5. The zero-order valence-corrected chi connectivity index (χ0v) is 8.22. The average molecular weight is 197 g/mol. The van der Waals surface area contributed by atoms with Gasteiger partial charge in [0, 0.05) is 13.1 Å². The average Bonchev–Trinajstić information content (AvgIpc) is 2.54. The number of rotatable bonds is 2. The molecule has 0 aromatic carbocycles. The highest BCUT2D eigenvalue weighted by atomic mass is 16.3. The number of nitrogens with one attached hydrogen (secondary N) is 1.